The quantitative estimate of drug-likeness (QED) is 0.228. The van der Waals surface area contributed by atoms with Gasteiger partial charge in [0.05, 0.1) is 12.3 Å². The summed E-state index contributed by atoms with van der Waals surface area (Å²) in [5.74, 6) is -0.431. The van der Waals surface area contributed by atoms with Crippen LogP contribution in [0.2, 0.25) is 0 Å². The molecule has 0 saturated heterocycles. The summed E-state index contributed by atoms with van der Waals surface area (Å²) in [7, 11) is 0. The maximum atomic E-state index is 9.47. The van der Waals surface area contributed by atoms with E-state index in [0.717, 1.165) is 43.8 Å². The molecule has 0 fully saturated rings. The predicted molar refractivity (Wildman–Crippen MR) is 154 cm³/mol. The molecule has 0 radical (unpaired) electrons. The van der Waals surface area contributed by atoms with Gasteiger partial charge in [-0.2, -0.15) is 0 Å². The molecular formula is C36H20O. The molecule has 7 aromatic carbocycles. The van der Waals surface area contributed by atoms with Crippen molar-refractivity contribution in [3.63, 3.8) is 0 Å². The Balaban J connectivity index is 1.54. The van der Waals surface area contributed by atoms with Gasteiger partial charge < -0.3 is 4.74 Å². The molecule has 2 aliphatic rings. The van der Waals surface area contributed by atoms with Crippen LogP contribution in [0.25, 0.3) is 76.8 Å². The highest BCUT2D eigenvalue weighted by Crippen LogP contribution is 2.55. The van der Waals surface area contributed by atoms with E-state index in [2.05, 4.69) is 24.3 Å². The highest BCUT2D eigenvalue weighted by molar-refractivity contribution is 6.24. The number of hydrogen-bond donors (Lipinski definition) is 0. The molecule has 1 heteroatoms. The summed E-state index contributed by atoms with van der Waals surface area (Å²) in [4.78, 5) is 0. The first kappa shape index (κ1) is 12.9. The van der Waals surface area contributed by atoms with E-state index in [1.807, 2.05) is 42.5 Å². The van der Waals surface area contributed by atoms with Crippen LogP contribution in [-0.2, 0) is 0 Å². The summed E-state index contributed by atoms with van der Waals surface area (Å²) in [5.41, 5.74) is 4.54. The van der Waals surface area contributed by atoms with Crippen molar-refractivity contribution in [3.05, 3.63) is 121 Å². The van der Waals surface area contributed by atoms with Crippen molar-refractivity contribution in [2.75, 3.05) is 0 Å². The van der Waals surface area contributed by atoms with Gasteiger partial charge in [0.25, 0.3) is 0 Å². The van der Waals surface area contributed by atoms with E-state index in [4.69, 9.17) is 13.0 Å². The average molecular weight is 478 g/mol. The molecule has 0 aromatic heterocycles. The zero-order valence-corrected chi connectivity index (χ0v) is 19.3. The molecule has 1 heterocycles. The molecule has 0 unspecified atom stereocenters. The maximum Gasteiger partial charge on any atom is 0.135 e. The largest absolute Gasteiger partial charge is 0.456 e. The van der Waals surface area contributed by atoms with Crippen LogP contribution in [0, 0.1) is 0 Å². The van der Waals surface area contributed by atoms with Crippen molar-refractivity contribution in [3.8, 4) is 56.0 Å². The van der Waals surface area contributed by atoms with E-state index in [1.54, 1.807) is 0 Å². The third-order valence-corrected chi connectivity index (χ3v) is 7.52. The van der Waals surface area contributed by atoms with Crippen molar-refractivity contribution in [2.45, 2.75) is 0 Å². The van der Waals surface area contributed by atoms with Crippen LogP contribution in [0.15, 0.2) is 121 Å². The second-order valence-corrected chi connectivity index (χ2v) is 9.36. The summed E-state index contributed by atoms with van der Waals surface area (Å²) in [6.07, 6.45) is 0. The Morgan fingerprint density at radius 1 is 0.459 bits per heavy atom. The SMILES string of the molecule is [2H]c1c([2H])c([2H])c2c(c1[2H])Oc1c([2H])c([2H])c(-c3c4c(cc5ccccc35)-c3cccc5cccc-4c35)c3c([2H])c([2H])c([2H])c-2c13. The van der Waals surface area contributed by atoms with Gasteiger partial charge in [0.2, 0.25) is 0 Å². The van der Waals surface area contributed by atoms with E-state index in [1.165, 1.54) is 0 Å². The fraction of sp³-hybridized carbons (Fsp3) is 0. The van der Waals surface area contributed by atoms with Gasteiger partial charge in [-0.15, -0.1) is 0 Å². The van der Waals surface area contributed by atoms with Crippen molar-refractivity contribution >= 4 is 32.3 Å². The molecule has 1 aliphatic heterocycles. The molecule has 7 aromatic rings. The molecule has 0 amide bonds. The second-order valence-electron chi connectivity index (χ2n) is 9.36. The molecule has 1 nitrogen and oxygen atoms in total. The van der Waals surface area contributed by atoms with Gasteiger partial charge >= 0.3 is 0 Å². The third-order valence-electron chi connectivity index (χ3n) is 7.52. The van der Waals surface area contributed by atoms with Crippen LogP contribution < -0.4 is 4.74 Å². The highest BCUT2D eigenvalue weighted by Gasteiger charge is 2.28. The van der Waals surface area contributed by atoms with Crippen LogP contribution in [0.1, 0.15) is 12.3 Å². The standard InChI is InChI=1S/C36H20O/c1-2-11-23-22(8-1)20-30-27-13-5-9-21-10-6-16-29(33(21)27)36(30)35(23)28-18-19-32-34-25(14-7-15-26(28)34)24-12-3-4-17-31(24)37-32/h1-20H/i3D,4D,7D,12D,14D,15D,17D,18D,19D. The molecule has 0 N–H and O–H groups in total. The van der Waals surface area contributed by atoms with E-state index in [0.29, 0.717) is 5.56 Å². The molecule has 0 atom stereocenters. The van der Waals surface area contributed by atoms with Crippen LogP contribution in [0.4, 0.5) is 0 Å². The first-order valence-electron chi connectivity index (χ1n) is 16.6. The average Bonchev–Trinajstić information content (AvgIpc) is 3.39. The number of rotatable bonds is 1. The number of para-hydroxylation sites is 1. The topological polar surface area (TPSA) is 9.23 Å². The van der Waals surface area contributed by atoms with Crippen molar-refractivity contribution in [2.24, 2.45) is 0 Å². The molecule has 9 rings (SSSR count). The minimum absolute atomic E-state index is 0.00345. The Morgan fingerprint density at radius 2 is 1.27 bits per heavy atom. The minimum Gasteiger partial charge on any atom is -0.456 e. The van der Waals surface area contributed by atoms with Gasteiger partial charge in [-0.1, -0.05) is 96.9 Å². The highest BCUT2D eigenvalue weighted by atomic mass is 16.5. The van der Waals surface area contributed by atoms with Gasteiger partial charge in [0.15, 0.2) is 0 Å². The van der Waals surface area contributed by atoms with E-state index in [-0.39, 0.29) is 57.1 Å². The monoisotopic (exact) mass is 477 g/mol. The molecule has 0 saturated carbocycles. The number of fused-ring (bicyclic) bond motifs is 6. The molecule has 0 bridgehead atoms. The van der Waals surface area contributed by atoms with Crippen molar-refractivity contribution in [1.82, 2.24) is 0 Å². The zero-order valence-electron chi connectivity index (χ0n) is 28.3. The molecular weight excluding hydrogens is 448 g/mol. The van der Waals surface area contributed by atoms with Crippen LogP contribution in [0.5, 0.6) is 11.5 Å². The van der Waals surface area contributed by atoms with Gasteiger partial charge in [0, 0.05) is 10.9 Å². The number of hydrogen-bond acceptors (Lipinski definition) is 1. The van der Waals surface area contributed by atoms with Gasteiger partial charge in [-0.05, 0) is 90.1 Å². The molecule has 0 spiro atoms. The molecule has 170 valence electrons. The zero-order chi connectivity index (χ0) is 31.9. The Hall–Kier alpha value is -4.88. The van der Waals surface area contributed by atoms with Crippen LogP contribution >= 0.6 is 0 Å². The first-order valence-corrected chi connectivity index (χ1v) is 12.1. The van der Waals surface area contributed by atoms with E-state index >= 15 is 0 Å². The van der Waals surface area contributed by atoms with Crippen molar-refractivity contribution < 1.29 is 17.1 Å². The van der Waals surface area contributed by atoms with Gasteiger partial charge in [0.1, 0.15) is 11.5 Å². The number of benzene rings is 7. The predicted octanol–water partition coefficient (Wildman–Crippen LogP) is 10.2. The van der Waals surface area contributed by atoms with E-state index < -0.39 is 36.3 Å². The fourth-order valence-corrected chi connectivity index (χ4v) is 6.05. The second kappa shape index (κ2) is 6.87. The Morgan fingerprint density at radius 3 is 2.22 bits per heavy atom. The minimum atomic E-state index is -0.535. The van der Waals surface area contributed by atoms with Crippen molar-refractivity contribution in [1.29, 1.82) is 0 Å². The summed E-state index contributed by atoms with van der Waals surface area (Å²) in [6, 6.07) is 18.3. The third kappa shape index (κ3) is 2.43. The first-order chi connectivity index (χ1) is 22.1. The molecule has 1 aliphatic carbocycles. The summed E-state index contributed by atoms with van der Waals surface area (Å²) >= 11 is 0. The number of ether oxygens (including phenoxy) is 1. The molecule has 37 heavy (non-hydrogen) atoms. The lowest BCUT2D eigenvalue weighted by atomic mass is 9.84. The van der Waals surface area contributed by atoms with E-state index in [9.17, 15) is 4.11 Å². The lowest BCUT2D eigenvalue weighted by molar-refractivity contribution is 0.487. The van der Waals surface area contributed by atoms with Crippen LogP contribution in [-0.4, -0.2) is 0 Å². The smallest absolute Gasteiger partial charge is 0.135 e. The van der Waals surface area contributed by atoms with Crippen LogP contribution in [0.3, 0.4) is 0 Å². The normalized spacial score (nSPS) is 15.9. The fourth-order valence-electron chi connectivity index (χ4n) is 6.05. The Bertz CT molecular complexity index is 2600. The maximum absolute atomic E-state index is 9.47. The van der Waals surface area contributed by atoms with Gasteiger partial charge in [-0.3, -0.25) is 0 Å². The summed E-state index contributed by atoms with van der Waals surface area (Å²) < 4.78 is 85.7. The lowest BCUT2D eigenvalue weighted by Crippen LogP contribution is -1.98. The summed E-state index contributed by atoms with van der Waals surface area (Å²) in [6.45, 7) is 0. The lowest BCUT2D eigenvalue weighted by Gasteiger charge is -2.23. The van der Waals surface area contributed by atoms with Gasteiger partial charge in [-0.25, -0.2) is 0 Å². The summed E-state index contributed by atoms with van der Waals surface area (Å²) in [5, 5.41) is 4.04. The Labute approximate surface area is 226 Å². The Kier molecular flexibility index (Phi) is 2.39.